The van der Waals surface area contributed by atoms with E-state index in [1.807, 2.05) is 44.2 Å². The number of benzene rings is 1. The first-order valence-corrected chi connectivity index (χ1v) is 8.04. The number of hydrogen-bond acceptors (Lipinski definition) is 5. The molecule has 1 aromatic carbocycles. The van der Waals surface area contributed by atoms with E-state index in [0.29, 0.717) is 41.2 Å². The summed E-state index contributed by atoms with van der Waals surface area (Å²) in [6.07, 6.45) is 0.565. The van der Waals surface area contributed by atoms with Gasteiger partial charge in [0.25, 0.3) is 0 Å². The van der Waals surface area contributed by atoms with Crippen LogP contribution in [0.25, 0.3) is 11.5 Å². The summed E-state index contributed by atoms with van der Waals surface area (Å²) in [6, 6.07) is 9.49. The fraction of sp³-hybridized carbons (Fsp3) is 0.294. The molecular formula is C17H18ClN5O. The first kappa shape index (κ1) is 16.5. The molecule has 0 amide bonds. The Morgan fingerprint density at radius 3 is 2.67 bits per heavy atom. The van der Waals surface area contributed by atoms with Crippen LogP contribution in [0.15, 0.2) is 30.3 Å². The lowest BCUT2D eigenvalue weighted by Gasteiger charge is -2.04. The molecule has 0 saturated carbocycles. The molecule has 0 saturated heterocycles. The summed E-state index contributed by atoms with van der Waals surface area (Å²) in [7, 11) is 0. The van der Waals surface area contributed by atoms with Crippen molar-refractivity contribution < 1.29 is 5.11 Å². The van der Waals surface area contributed by atoms with Crippen molar-refractivity contribution in [3.8, 4) is 11.5 Å². The highest BCUT2D eigenvalue weighted by Gasteiger charge is 2.14. The summed E-state index contributed by atoms with van der Waals surface area (Å²) < 4.78 is 1.68. The lowest BCUT2D eigenvalue weighted by Crippen LogP contribution is -2.07. The molecule has 7 heteroatoms. The zero-order chi connectivity index (χ0) is 17.1. The van der Waals surface area contributed by atoms with Crippen molar-refractivity contribution in [1.29, 1.82) is 0 Å². The summed E-state index contributed by atoms with van der Waals surface area (Å²) in [5, 5.41) is 14.5. The van der Waals surface area contributed by atoms with Gasteiger partial charge in [-0.15, -0.1) is 0 Å². The predicted octanol–water partition coefficient (Wildman–Crippen LogP) is 2.59. The maximum atomic E-state index is 9.30. The van der Waals surface area contributed by atoms with Crippen LogP contribution in [0.4, 0.5) is 0 Å². The third-order valence-corrected chi connectivity index (χ3v) is 3.71. The SMILES string of the molecule is Cc1cc(-c2nc(Cc3cccc(Cl)c3)nn2CCO)nc(C)n1. The van der Waals surface area contributed by atoms with Crippen molar-refractivity contribution in [2.45, 2.75) is 26.8 Å². The van der Waals surface area contributed by atoms with Crippen LogP contribution < -0.4 is 0 Å². The highest BCUT2D eigenvalue weighted by atomic mass is 35.5. The normalized spacial score (nSPS) is 11.0. The van der Waals surface area contributed by atoms with Gasteiger partial charge in [-0.05, 0) is 37.6 Å². The number of halogens is 1. The molecule has 2 aromatic heterocycles. The van der Waals surface area contributed by atoms with Gasteiger partial charge in [0.05, 0.1) is 13.2 Å². The third kappa shape index (κ3) is 3.77. The molecule has 124 valence electrons. The zero-order valence-electron chi connectivity index (χ0n) is 13.6. The lowest BCUT2D eigenvalue weighted by atomic mass is 10.1. The van der Waals surface area contributed by atoms with Crippen LogP contribution >= 0.6 is 11.6 Å². The van der Waals surface area contributed by atoms with Gasteiger partial charge < -0.3 is 5.11 Å². The molecule has 2 heterocycles. The van der Waals surface area contributed by atoms with E-state index in [4.69, 9.17) is 11.6 Å². The Hall–Kier alpha value is -2.31. The Morgan fingerprint density at radius 1 is 1.12 bits per heavy atom. The Kier molecular flexibility index (Phi) is 4.87. The lowest BCUT2D eigenvalue weighted by molar-refractivity contribution is 0.270. The number of aliphatic hydroxyl groups excluding tert-OH is 1. The minimum Gasteiger partial charge on any atom is -0.394 e. The van der Waals surface area contributed by atoms with Crippen LogP contribution in [-0.2, 0) is 13.0 Å². The monoisotopic (exact) mass is 343 g/mol. The van der Waals surface area contributed by atoms with Crippen molar-refractivity contribution in [2.75, 3.05) is 6.61 Å². The number of rotatable bonds is 5. The van der Waals surface area contributed by atoms with Gasteiger partial charge in [0.1, 0.15) is 11.5 Å². The number of nitrogens with zero attached hydrogens (tertiary/aromatic N) is 5. The minimum atomic E-state index is -0.0178. The number of aromatic nitrogens is 5. The van der Waals surface area contributed by atoms with Crippen LogP contribution in [0, 0.1) is 13.8 Å². The summed E-state index contributed by atoms with van der Waals surface area (Å²) in [5.41, 5.74) is 2.61. The van der Waals surface area contributed by atoms with Crippen LogP contribution in [0.2, 0.25) is 5.02 Å². The predicted molar refractivity (Wildman–Crippen MR) is 91.9 cm³/mol. The average molecular weight is 344 g/mol. The van der Waals surface area contributed by atoms with E-state index >= 15 is 0 Å². The second-order valence-electron chi connectivity index (χ2n) is 5.55. The Labute approximate surface area is 145 Å². The molecule has 0 fully saturated rings. The second-order valence-corrected chi connectivity index (χ2v) is 5.98. The van der Waals surface area contributed by atoms with Gasteiger partial charge in [0.15, 0.2) is 11.6 Å². The molecule has 0 aliphatic rings. The average Bonchev–Trinajstić information content (AvgIpc) is 2.89. The fourth-order valence-electron chi connectivity index (χ4n) is 2.57. The second kappa shape index (κ2) is 7.07. The van der Waals surface area contributed by atoms with E-state index < -0.39 is 0 Å². The Morgan fingerprint density at radius 2 is 1.96 bits per heavy atom. The molecule has 0 unspecified atom stereocenters. The summed E-state index contributed by atoms with van der Waals surface area (Å²) in [5.74, 6) is 1.98. The fourth-order valence-corrected chi connectivity index (χ4v) is 2.78. The first-order chi connectivity index (χ1) is 11.5. The van der Waals surface area contributed by atoms with Crippen molar-refractivity contribution in [1.82, 2.24) is 24.7 Å². The van der Waals surface area contributed by atoms with Crippen LogP contribution in [-0.4, -0.2) is 36.4 Å². The van der Waals surface area contributed by atoms with E-state index in [1.165, 1.54) is 0 Å². The molecule has 6 nitrogen and oxygen atoms in total. The van der Waals surface area contributed by atoms with Gasteiger partial charge in [-0.1, -0.05) is 23.7 Å². The highest BCUT2D eigenvalue weighted by Crippen LogP contribution is 2.19. The molecule has 0 aliphatic carbocycles. The number of aliphatic hydroxyl groups is 1. The van der Waals surface area contributed by atoms with E-state index in [9.17, 15) is 5.11 Å². The first-order valence-electron chi connectivity index (χ1n) is 7.67. The summed E-state index contributed by atoms with van der Waals surface area (Å²) in [4.78, 5) is 13.3. The van der Waals surface area contributed by atoms with Crippen molar-refractivity contribution in [2.24, 2.45) is 0 Å². The molecule has 24 heavy (non-hydrogen) atoms. The molecule has 0 aliphatic heterocycles. The van der Waals surface area contributed by atoms with Gasteiger partial charge in [-0.25, -0.2) is 19.6 Å². The molecule has 0 bridgehead atoms. The minimum absolute atomic E-state index is 0.0178. The van der Waals surface area contributed by atoms with Gasteiger partial charge in [-0.2, -0.15) is 5.10 Å². The molecule has 1 N–H and O–H groups in total. The standard InChI is InChI=1S/C17H18ClN5O/c1-11-8-15(20-12(2)19-11)17-21-16(22-23(17)6-7-24)10-13-4-3-5-14(18)9-13/h3-5,8-9,24H,6-7,10H2,1-2H3. The number of hydrogen-bond donors (Lipinski definition) is 1. The van der Waals surface area contributed by atoms with E-state index in [-0.39, 0.29) is 6.61 Å². The molecular weight excluding hydrogens is 326 g/mol. The van der Waals surface area contributed by atoms with Crippen molar-refractivity contribution in [3.63, 3.8) is 0 Å². The maximum Gasteiger partial charge on any atom is 0.177 e. The topological polar surface area (TPSA) is 76.7 Å². The molecule has 0 atom stereocenters. The Bertz CT molecular complexity index is 842. The number of aryl methyl sites for hydroxylation is 2. The third-order valence-electron chi connectivity index (χ3n) is 3.47. The molecule has 0 radical (unpaired) electrons. The zero-order valence-corrected chi connectivity index (χ0v) is 14.3. The quantitative estimate of drug-likeness (QED) is 0.770. The maximum absolute atomic E-state index is 9.30. The van der Waals surface area contributed by atoms with Crippen molar-refractivity contribution in [3.05, 3.63) is 58.3 Å². The van der Waals surface area contributed by atoms with Gasteiger partial charge >= 0.3 is 0 Å². The summed E-state index contributed by atoms with van der Waals surface area (Å²) in [6.45, 7) is 4.10. The summed E-state index contributed by atoms with van der Waals surface area (Å²) >= 11 is 6.03. The Balaban J connectivity index is 1.98. The molecule has 3 rings (SSSR count). The smallest absolute Gasteiger partial charge is 0.177 e. The van der Waals surface area contributed by atoms with E-state index in [1.54, 1.807) is 4.68 Å². The van der Waals surface area contributed by atoms with Gasteiger partial charge in [0, 0.05) is 17.1 Å². The van der Waals surface area contributed by atoms with Gasteiger partial charge in [-0.3, -0.25) is 0 Å². The van der Waals surface area contributed by atoms with Crippen molar-refractivity contribution >= 4 is 11.6 Å². The van der Waals surface area contributed by atoms with Gasteiger partial charge in [0.2, 0.25) is 0 Å². The highest BCUT2D eigenvalue weighted by molar-refractivity contribution is 6.30. The van der Waals surface area contributed by atoms with Crippen LogP contribution in [0.3, 0.4) is 0 Å². The van der Waals surface area contributed by atoms with E-state index in [0.717, 1.165) is 11.3 Å². The molecule has 0 spiro atoms. The van der Waals surface area contributed by atoms with Crippen LogP contribution in [0.1, 0.15) is 22.9 Å². The van der Waals surface area contributed by atoms with E-state index in [2.05, 4.69) is 20.1 Å². The largest absolute Gasteiger partial charge is 0.394 e. The molecule has 3 aromatic rings. The van der Waals surface area contributed by atoms with Crippen LogP contribution in [0.5, 0.6) is 0 Å².